The third-order valence-electron chi connectivity index (χ3n) is 2.56. The second kappa shape index (κ2) is 7.74. The number of amides is 3. The number of carbonyl (C=O) groups excluding carboxylic acids is 2. The molecule has 110 valence electrons. The quantitative estimate of drug-likeness (QED) is 0.871. The zero-order chi connectivity index (χ0) is 15.1. The maximum absolute atomic E-state index is 13.2. The Morgan fingerprint density at radius 1 is 1.45 bits per heavy atom. The number of nitrogens with one attached hydrogen (secondary N) is 2. The third kappa shape index (κ3) is 4.73. The number of benzene rings is 1. The molecule has 0 aliphatic rings. The summed E-state index contributed by atoms with van der Waals surface area (Å²) in [6.07, 6.45) is 0. The van der Waals surface area contributed by atoms with E-state index < -0.39 is 17.2 Å². The van der Waals surface area contributed by atoms with E-state index in [4.69, 9.17) is 4.74 Å². The second-order valence-electron chi connectivity index (χ2n) is 3.98. The zero-order valence-corrected chi connectivity index (χ0v) is 12.3. The number of carbonyl (C=O) groups is 2. The highest BCUT2D eigenvalue weighted by molar-refractivity contribution is 7.99. The molecule has 0 aromatic heterocycles. The summed E-state index contributed by atoms with van der Waals surface area (Å²) < 4.78 is 18.3. The van der Waals surface area contributed by atoms with Gasteiger partial charge in [-0.25, -0.2) is 9.18 Å². The van der Waals surface area contributed by atoms with E-state index in [1.54, 1.807) is 13.0 Å². The van der Waals surface area contributed by atoms with Gasteiger partial charge in [0.1, 0.15) is 11.6 Å². The van der Waals surface area contributed by atoms with E-state index in [1.165, 1.54) is 38.1 Å². The Bertz CT molecular complexity index is 497. The van der Waals surface area contributed by atoms with Crippen LogP contribution >= 0.6 is 11.8 Å². The molecule has 0 spiro atoms. The van der Waals surface area contributed by atoms with Gasteiger partial charge in [-0.15, -0.1) is 11.8 Å². The molecular weight excluding hydrogens is 283 g/mol. The number of ether oxygens (including phenoxy) is 1. The normalized spacial score (nSPS) is 11.6. The van der Waals surface area contributed by atoms with Gasteiger partial charge in [-0.1, -0.05) is 0 Å². The van der Waals surface area contributed by atoms with E-state index in [-0.39, 0.29) is 5.82 Å². The van der Waals surface area contributed by atoms with Gasteiger partial charge in [0, 0.05) is 18.4 Å². The molecule has 0 fully saturated rings. The predicted octanol–water partition coefficient (Wildman–Crippen LogP) is 1.91. The van der Waals surface area contributed by atoms with E-state index in [0.29, 0.717) is 17.1 Å². The number of hydrogen-bond acceptors (Lipinski definition) is 4. The van der Waals surface area contributed by atoms with Gasteiger partial charge >= 0.3 is 6.03 Å². The first-order chi connectivity index (χ1) is 9.47. The minimum atomic E-state index is -0.550. The van der Waals surface area contributed by atoms with Crippen molar-refractivity contribution in [3.8, 4) is 5.75 Å². The van der Waals surface area contributed by atoms with Crippen molar-refractivity contribution in [3.63, 3.8) is 0 Å². The van der Waals surface area contributed by atoms with Crippen LogP contribution in [0.3, 0.4) is 0 Å². The fourth-order valence-corrected chi connectivity index (χ4v) is 2.29. The maximum Gasteiger partial charge on any atom is 0.321 e. The molecule has 0 aliphatic heterocycles. The lowest BCUT2D eigenvalue weighted by Crippen LogP contribution is -2.41. The smallest absolute Gasteiger partial charge is 0.321 e. The Kier molecular flexibility index (Phi) is 6.30. The maximum atomic E-state index is 13.2. The second-order valence-corrected chi connectivity index (χ2v) is 5.31. The van der Waals surface area contributed by atoms with Gasteiger partial charge in [0.15, 0.2) is 0 Å². The lowest BCUT2D eigenvalue weighted by molar-refractivity contribution is -0.119. The number of thioether (sulfide) groups is 1. The van der Waals surface area contributed by atoms with Crippen LogP contribution in [0.4, 0.5) is 9.18 Å². The average Bonchev–Trinajstić information content (AvgIpc) is 2.44. The average molecular weight is 300 g/mol. The number of imide groups is 1. The Balaban J connectivity index is 2.60. The summed E-state index contributed by atoms with van der Waals surface area (Å²) in [5, 5.41) is 4.05. The predicted molar refractivity (Wildman–Crippen MR) is 76.3 cm³/mol. The summed E-state index contributed by atoms with van der Waals surface area (Å²) in [4.78, 5) is 22.7. The Hall–Kier alpha value is -1.76. The minimum absolute atomic E-state index is 0.358. The first-order valence-electron chi connectivity index (χ1n) is 5.94. The molecule has 2 N–H and O–H groups in total. The molecule has 0 saturated carbocycles. The van der Waals surface area contributed by atoms with Gasteiger partial charge in [0.25, 0.3) is 0 Å². The van der Waals surface area contributed by atoms with Gasteiger partial charge in [-0.2, -0.15) is 0 Å². The molecule has 1 rings (SSSR count). The zero-order valence-electron chi connectivity index (χ0n) is 11.5. The van der Waals surface area contributed by atoms with E-state index in [1.807, 2.05) is 0 Å². The highest BCUT2D eigenvalue weighted by Crippen LogP contribution is 2.26. The molecule has 0 unspecified atom stereocenters. The minimum Gasteiger partial charge on any atom is -0.496 e. The van der Waals surface area contributed by atoms with Crippen LogP contribution in [-0.2, 0) is 10.5 Å². The van der Waals surface area contributed by atoms with Crippen LogP contribution in [0.2, 0.25) is 0 Å². The summed E-state index contributed by atoms with van der Waals surface area (Å²) in [5.41, 5.74) is 0.664. The molecule has 1 aromatic carbocycles. The van der Waals surface area contributed by atoms with Crippen molar-refractivity contribution >= 4 is 23.7 Å². The molecule has 0 saturated heterocycles. The van der Waals surface area contributed by atoms with Crippen molar-refractivity contribution in [2.45, 2.75) is 17.9 Å². The first kappa shape index (κ1) is 16.3. The lowest BCUT2D eigenvalue weighted by atomic mass is 10.2. The summed E-state index contributed by atoms with van der Waals surface area (Å²) in [7, 11) is 2.93. The monoisotopic (exact) mass is 300 g/mol. The number of rotatable bonds is 5. The van der Waals surface area contributed by atoms with E-state index in [0.717, 1.165) is 0 Å². The van der Waals surface area contributed by atoms with Crippen molar-refractivity contribution < 1.29 is 18.7 Å². The van der Waals surface area contributed by atoms with Gasteiger partial charge in [-0.05, 0) is 25.1 Å². The van der Waals surface area contributed by atoms with Crippen LogP contribution in [0.15, 0.2) is 18.2 Å². The van der Waals surface area contributed by atoms with Crippen molar-refractivity contribution in [1.82, 2.24) is 10.6 Å². The highest BCUT2D eigenvalue weighted by Gasteiger charge is 2.16. The van der Waals surface area contributed by atoms with E-state index >= 15 is 0 Å². The molecular formula is C13H17FN2O3S. The van der Waals surface area contributed by atoms with Crippen molar-refractivity contribution in [3.05, 3.63) is 29.6 Å². The van der Waals surface area contributed by atoms with Crippen LogP contribution in [0, 0.1) is 5.82 Å². The molecule has 7 heteroatoms. The fourth-order valence-electron chi connectivity index (χ4n) is 1.43. The highest BCUT2D eigenvalue weighted by atomic mass is 32.2. The van der Waals surface area contributed by atoms with Gasteiger partial charge in [-0.3, -0.25) is 10.1 Å². The van der Waals surface area contributed by atoms with E-state index in [2.05, 4.69) is 10.6 Å². The van der Waals surface area contributed by atoms with Crippen molar-refractivity contribution in [2.75, 3.05) is 14.2 Å². The SMILES string of the molecule is CNC(=O)NC(=O)[C@@H](C)SCc1cc(F)ccc1OC. The largest absolute Gasteiger partial charge is 0.496 e. The number of urea groups is 1. The Labute approximate surface area is 121 Å². The Morgan fingerprint density at radius 2 is 2.15 bits per heavy atom. The van der Waals surface area contributed by atoms with Crippen molar-refractivity contribution in [2.24, 2.45) is 0 Å². The summed E-state index contributed by atoms with van der Waals surface area (Å²) >= 11 is 1.29. The molecule has 1 aromatic rings. The molecule has 1 atom stereocenters. The standard InChI is InChI=1S/C13H17FN2O3S/c1-8(12(17)16-13(18)15-2)20-7-9-6-10(14)4-5-11(9)19-3/h4-6,8H,7H2,1-3H3,(H2,15,16,17,18)/t8-/m1/s1. The number of methoxy groups -OCH3 is 1. The van der Waals surface area contributed by atoms with Crippen molar-refractivity contribution in [1.29, 1.82) is 0 Å². The van der Waals surface area contributed by atoms with Crippen LogP contribution < -0.4 is 15.4 Å². The number of halogens is 1. The molecule has 0 aliphatic carbocycles. The topological polar surface area (TPSA) is 67.4 Å². The van der Waals surface area contributed by atoms with Crippen LogP contribution in [0.25, 0.3) is 0 Å². The fraction of sp³-hybridized carbons (Fsp3) is 0.385. The lowest BCUT2D eigenvalue weighted by Gasteiger charge is -2.12. The molecule has 0 heterocycles. The molecule has 5 nitrogen and oxygen atoms in total. The Morgan fingerprint density at radius 3 is 2.75 bits per heavy atom. The summed E-state index contributed by atoms with van der Waals surface area (Å²) in [6.45, 7) is 1.68. The summed E-state index contributed by atoms with van der Waals surface area (Å²) in [5.74, 6) is 0.217. The number of hydrogen-bond donors (Lipinski definition) is 2. The van der Waals surface area contributed by atoms with Gasteiger partial charge in [0.2, 0.25) is 5.91 Å². The van der Waals surface area contributed by atoms with Crippen LogP contribution in [0.5, 0.6) is 5.75 Å². The van der Waals surface area contributed by atoms with Gasteiger partial charge in [0.05, 0.1) is 12.4 Å². The summed E-state index contributed by atoms with van der Waals surface area (Å²) in [6, 6.07) is 3.68. The van der Waals surface area contributed by atoms with Crippen LogP contribution in [-0.4, -0.2) is 31.3 Å². The molecule has 3 amide bonds. The van der Waals surface area contributed by atoms with Crippen LogP contribution in [0.1, 0.15) is 12.5 Å². The molecule has 0 radical (unpaired) electrons. The van der Waals surface area contributed by atoms with Gasteiger partial charge < -0.3 is 10.1 Å². The molecule has 20 heavy (non-hydrogen) atoms. The third-order valence-corrected chi connectivity index (χ3v) is 3.76. The molecule has 0 bridgehead atoms. The van der Waals surface area contributed by atoms with E-state index in [9.17, 15) is 14.0 Å². The first-order valence-corrected chi connectivity index (χ1v) is 6.99.